The van der Waals surface area contributed by atoms with Gasteiger partial charge in [0.15, 0.2) is 11.5 Å². The molecule has 0 aliphatic carbocycles. The van der Waals surface area contributed by atoms with E-state index in [0.717, 1.165) is 4.90 Å². The van der Waals surface area contributed by atoms with Crippen molar-refractivity contribution >= 4 is 23.1 Å². The summed E-state index contributed by atoms with van der Waals surface area (Å²) in [7, 11) is 1.52. The Morgan fingerprint density at radius 1 is 1.10 bits per heavy atom. The number of nitrogens with zero attached hydrogens (tertiary/aromatic N) is 1. The van der Waals surface area contributed by atoms with Gasteiger partial charge in [-0.05, 0) is 18.2 Å². The van der Waals surface area contributed by atoms with Crippen LogP contribution in [-0.2, 0) is 9.59 Å². The molecule has 0 saturated heterocycles. The highest BCUT2D eigenvalue weighted by molar-refractivity contribution is 6.37. The molecule has 0 spiro atoms. The highest BCUT2D eigenvalue weighted by Crippen LogP contribution is 2.37. The van der Waals surface area contributed by atoms with Crippen LogP contribution in [0.5, 0.6) is 17.2 Å². The first kappa shape index (κ1) is 18.6. The van der Waals surface area contributed by atoms with Crippen LogP contribution in [0.2, 0.25) is 0 Å². The molecule has 2 heterocycles. The molecule has 2 aromatic rings. The average Bonchev–Trinajstić information content (AvgIpc) is 2.98. The Morgan fingerprint density at radius 3 is 2.62 bits per heavy atom. The second kappa shape index (κ2) is 7.71. The first-order valence-electron chi connectivity index (χ1n) is 9.15. The van der Waals surface area contributed by atoms with Crippen molar-refractivity contribution in [1.82, 2.24) is 4.90 Å². The summed E-state index contributed by atoms with van der Waals surface area (Å²) in [6, 6.07) is 12.4. The number of rotatable bonds is 6. The summed E-state index contributed by atoms with van der Waals surface area (Å²) in [6.45, 7) is 4.70. The molecule has 0 fully saturated rings. The van der Waals surface area contributed by atoms with E-state index in [2.05, 4.69) is 11.9 Å². The molecule has 2 aliphatic rings. The monoisotopic (exact) mass is 392 g/mol. The number of carbonyl (C=O) groups is 2. The standard InChI is InChI=1S/C22H20N2O5/c1-3-10-24-21(25)19(15-6-4-5-7-16(15)27-2)20(22(24)26)23-14-8-9-17-18(13-14)29-12-11-28-17/h3-9,13,23H,1,10-12H2,2H3. The van der Waals surface area contributed by atoms with Crippen molar-refractivity contribution in [3.63, 3.8) is 0 Å². The highest BCUT2D eigenvalue weighted by atomic mass is 16.6. The van der Waals surface area contributed by atoms with E-state index in [4.69, 9.17) is 14.2 Å². The molecule has 0 atom stereocenters. The smallest absolute Gasteiger partial charge is 0.278 e. The van der Waals surface area contributed by atoms with Gasteiger partial charge in [0.2, 0.25) is 0 Å². The predicted octanol–water partition coefficient (Wildman–Crippen LogP) is 2.84. The fourth-order valence-corrected chi connectivity index (χ4v) is 3.35. The number of methoxy groups -OCH3 is 1. The zero-order valence-corrected chi connectivity index (χ0v) is 15.9. The maximum atomic E-state index is 13.1. The quantitative estimate of drug-likeness (QED) is 0.602. The van der Waals surface area contributed by atoms with Crippen LogP contribution in [0.15, 0.2) is 60.8 Å². The van der Waals surface area contributed by atoms with Crippen LogP contribution in [0.4, 0.5) is 5.69 Å². The van der Waals surface area contributed by atoms with Crippen LogP contribution in [0, 0.1) is 0 Å². The maximum Gasteiger partial charge on any atom is 0.278 e. The maximum absolute atomic E-state index is 13.1. The van der Waals surface area contributed by atoms with Gasteiger partial charge in [-0.2, -0.15) is 0 Å². The molecule has 2 amide bonds. The van der Waals surface area contributed by atoms with Crippen LogP contribution in [-0.4, -0.2) is 43.6 Å². The average molecular weight is 392 g/mol. The van der Waals surface area contributed by atoms with Crippen molar-refractivity contribution in [3.8, 4) is 17.2 Å². The molecule has 148 valence electrons. The molecule has 7 nitrogen and oxygen atoms in total. The SMILES string of the molecule is C=CCN1C(=O)C(Nc2ccc3c(c2)OCCO3)=C(c2ccccc2OC)C1=O. The Balaban J connectivity index is 1.79. The minimum Gasteiger partial charge on any atom is -0.496 e. The number of hydrogen-bond donors (Lipinski definition) is 1. The topological polar surface area (TPSA) is 77.1 Å². The van der Waals surface area contributed by atoms with Crippen LogP contribution in [0.3, 0.4) is 0 Å². The number of benzene rings is 2. The Kier molecular flexibility index (Phi) is 4.95. The molecular formula is C22H20N2O5. The second-order valence-corrected chi connectivity index (χ2v) is 6.44. The zero-order valence-electron chi connectivity index (χ0n) is 15.9. The summed E-state index contributed by atoms with van der Waals surface area (Å²) in [4.78, 5) is 27.2. The summed E-state index contributed by atoms with van der Waals surface area (Å²) < 4.78 is 16.6. The Hall–Kier alpha value is -3.74. The van der Waals surface area contributed by atoms with E-state index in [-0.39, 0.29) is 17.8 Å². The molecule has 0 radical (unpaired) electrons. The van der Waals surface area contributed by atoms with Crippen molar-refractivity contribution in [2.45, 2.75) is 0 Å². The number of imide groups is 1. The molecule has 0 bridgehead atoms. The molecule has 0 unspecified atom stereocenters. The first-order chi connectivity index (χ1) is 14.1. The van der Waals surface area contributed by atoms with Crippen molar-refractivity contribution in [2.75, 3.05) is 32.2 Å². The molecular weight excluding hydrogens is 372 g/mol. The molecule has 1 N–H and O–H groups in total. The largest absolute Gasteiger partial charge is 0.496 e. The normalized spacial score (nSPS) is 15.6. The van der Waals surface area contributed by atoms with Crippen LogP contribution < -0.4 is 19.5 Å². The minimum atomic E-state index is -0.425. The zero-order chi connectivity index (χ0) is 20.4. The molecule has 4 rings (SSSR count). The van der Waals surface area contributed by atoms with Crippen molar-refractivity contribution in [1.29, 1.82) is 0 Å². The third-order valence-corrected chi connectivity index (χ3v) is 4.67. The molecule has 0 aromatic heterocycles. The van der Waals surface area contributed by atoms with Crippen molar-refractivity contribution in [3.05, 3.63) is 66.4 Å². The van der Waals surface area contributed by atoms with Gasteiger partial charge >= 0.3 is 0 Å². The van der Waals surface area contributed by atoms with Gasteiger partial charge in [-0.15, -0.1) is 6.58 Å². The van der Waals surface area contributed by atoms with Gasteiger partial charge in [0, 0.05) is 23.9 Å². The van der Waals surface area contributed by atoms with E-state index in [1.807, 2.05) is 0 Å². The van der Waals surface area contributed by atoms with Gasteiger partial charge in [0.25, 0.3) is 11.8 Å². The molecule has 7 heteroatoms. The van der Waals surface area contributed by atoms with E-state index >= 15 is 0 Å². The molecule has 29 heavy (non-hydrogen) atoms. The summed E-state index contributed by atoms with van der Waals surface area (Å²) in [5.74, 6) is 0.902. The summed E-state index contributed by atoms with van der Waals surface area (Å²) in [6.07, 6.45) is 1.52. The summed E-state index contributed by atoms with van der Waals surface area (Å²) >= 11 is 0. The van der Waals surface area contributed by atoms with E-state index in [0.29, 0.717) is 41.7 Å². The third kappa shape index (κ3) is 3.31. The number of nitrogens with one attached hydrogen (secondary N) is 1. The number of ether oxygens (including phenoxy) is 3. The van der Waals surface area contributed by atoms with E-state index < -0.39 is 11.8 Å². The Labute approximate surface area is 168 Å². The molecule has 2 aromatic carbocycles. The van der Waals surface area contributed by atoms with Crippen molar-refractivity contribution < 1.29 is 23.8 Å². The van der Waals surface area contributed by atoms with Gasteiger partial charge in [0.1, 0.15) is 24.7 Å². The number of para-hydroxylation sites is 1. The summed E-state index contributed by atoms with van der Waals surface area (Å²) in [5.41, 5.74) is 1.58. The van der Waals surface area contributed by atoms with Crippen molar-refractivity contribution in [2.24, 2.45) is 0 Å². The first-order valence-corrected chi connectivity index (χ1v) is 9.15. The van der Waals surface area contributed by atoms with Gasteiger partial charge in [-0.1, -0.05) is 24.3 Å². The minimum absolute atomic E-state index is 0.114. The lowest BCUT2D eigenvalue weighted by Gasteiger charge is -2.19. The Morgan fingerprint density at radius 2 is 1.86 bits per heavy atom. The summed E-state index contributed by atoms with van der Waals surface area (Å²) in [5, 5.41) is 3.10. The number of fused-ring (bicyclic) bond motifs is 1. The van der Waals surface area contributed by atoms with E-state index in [1.54, 1.807) is 42.5 Å². The van der Waals surface area contributed by atoms with Gasteiger partial charge in [-0.25, -0.2) is 0 Å². The van der Waals surface area contributed by atoms with E-state index in [9.17, 15) is 9.59 Å². The lowest BCUT2D eigenvalue weighted by atomic mass is 10.0. The third-order valence-electron chi connectivity index (χ3n) is 4.67. The lowest BCUT2D eigenvalue weighted by molar-refractivity contribution is -0.136. The fraction of sp³-hybridized carbons (Fsp3) is 0.182. The molecule has 2 aliphatic heterocycles. The fourth-order valence-electron chi connectivity index (χ4n) is 3.35. The lowest BCUT2D eigenvalue weighted by Crippen LogP contribution is -2.32. The highest BCUT2D eigenvalue weighted by Gasteiger charge is 2.39. The van der Waals surface area contributed by atoms with Crippen LogP contribution in [0.25, 0.3) is 5.57 Å². The molecule has 0 saturated carbocycles. The van der Waals surface area contributed by atoms with Gasteiger partial charge in [-0.3, -0.25) is 14.5 Å². The van der Waals surface area contributed by atoms with Gasteiger partial charge in [0.05, 0.1) is 12.7 Å². The Bertz CT molecular complexity index is 1030. The van der Waals surface area contributed by atoms with Crippen LogP contribution >= 0.6 is 0 Å². The predicted molar refractivity (Wildman–Crippen MR) is 108 cm³/mol. The van der Waals surface area contributed by atoms with E-state index in [1.165, 1.54) is 13.2 Å². The van der Waals surface area contributed by atoms with Crippen LogP contribution in [0.1, 0.15) is 5.56 Å². The number of hydrogen-bond acceptors (Lipinski definition) is 6. The number of anilines is 1. The van der Waals surface area contributed by atoms with Gasteiger partial charge < -0.3 is 19.5 Å². The number of carbonyl (C=O) groups excluding carboxylic acids is 2. The second-order valence-electron chi connectivity index (χ2n) is 6.44. The number of amides is 2.